The maximum Gasteiger partial charge on any atom is 0.188 e. The number of nitrogens with zero attached hydrogens (tertiary/aromatic N) is 4. The molecule has 2 aromatic carbocycles. The normalized spacial score (nSPS) is 14.5. The van der Waals surface area contributed by atoms with Crippen molar-refractivity contribution < 1.29 is 9.84 Å². The third-order valence-corrected chi connectivity index (χ3v) is 5.62. The van der Waals surface area contributed by atoms with Gasteiger partial charge in [0, 0.05) is 30.4 Å². The number of rotatable bonds is 5. The quantitative estimate of drug-likeness (QED) is 0.592. The molecule has 1 aromatic heterocycles. The number of ether oxygens (including phenoxy) is 1. The van der Waals surface area contributed by atoms with Gasteiger partial charge in [0.1, 0.15) is 5.75 Å². The SMILES string of the molecule is [C-]#[N+]c1ccc2c(N3CCC(O)CC3)nnc(NCc3ccc(Cl)c(OC)c3)c2c1. The topological polar surface area (TPSA) is 74.9 Å². The highest BCUT2D eigenvalue weighted by Crippen LogP contribution is 2.33. The van der Waals surface area contributed by atoms with E-state index >= 15 is 0 Å². The Balaban J connectivity index is 1.66. The summed E-state index contributed by atoms with van der Waals surface area (Å²) in [5, 5.41) is 24.4. The van der Waals surface area contributed by atoms with Gasteiger partial charge in [0.2, 0.25) is 0 Å². The summed E-state index contributed by atoms with van der Waals surface area (Å²) in [5.74, 6) is 2.02. The van der Waals surface area contributed by atoms with Crippen molar-refractivity contribution >= 4 is 39.7 Å². The number of methoxy groups -OCH3 is 1. The van der Waals surface area contributed by atoms with Crippen molar-refractivity contribution in [3.05, 3.63) is 58.4 Å². The Hall–Kier alpha value is -3.08. The zero-order valence-corrected chi connectivity index (χ0v) is 17.4. The molecule has 4 rings (SSSR count). The van der Waals surface area contributed by atoms with Crippen LogP contribution >= 0.6 is 11.6 Å². The van der Waals surface area contributed by atoms with Crippen molar-refractivity contribution in [1.82, 2.24) is 10.2 Å². The number of piperidine rings is 1. The van der Waals surface area contributed by atoms with E-state index < -0.39 is 0 Å². The molecule has 2 N–H and O–H groups in total. The largest absolute Gasteiger partial charge is 0.495 e. The molecule has 30 heavy (non-hydrogen) atoms. The third kappa shape index (κ3) is 4.11. The second-order valence-electron chi connectivity index (χ2n) is 7.25. The Bertz CT molecular complexity index is 1110. The summed E-state index contributed by atoms with van der Waals surface area (Å²) in [6, 6.07) is 11.2. The zero-order chi connectivity index (χ0) is 21.1. The maximum absolute atomic E-state index is 9.81. The molecule has 2 heterocycles. The van der Waals surface area contributed by atoms with Crippen molar-refractivity contribution in [3.63, 3.8) is 0 Å². The lowest BCUT2D eigenvalue weighted by atomic mass is 10.1. The van der Waals surface area contributed by atoms with Gasteiger partial charge in [-0.25, -0.2) is 4.85 Å². The fourth-order valence-electron chi connectivity index (χ4n) is 3.64. The van der Waals surface area contributed by atoms with Crippen LogP contribution < -0.4 is 15.0 Å². The Morgan fingerprint density at radius 2 is 2.00 bits per heavy atom. The number of fused-ring (bicyclic) bond motifs is 1. The van der Waals surface area contributed by atoms with Crippen LogP contribution in [0.5, 0.6) is 5.75 Å². The van der Waals surface area contributed by atoms with Gasteiger partial charge in [-0.3, -0.25) is 0 Å². The minimum absolute atomic E-state index is 0.258. The lowest BCUT2D eigenvalue weighted by molar-refractivity contribution is 0.145. The average Bonchev–Trinajstić information content (AvgIpc) is 2.78. The smallest absolute Gasteiger partial charge is 0.188 e. The zero-order valence-electron chi connectivity index (χ0n) is 16.6. The minimum atomic E-state index is -0.258. The van der Waals surface area contributed by atoms with Crippen LogP contribution in [0.25, 0.3) is 15.6 Å². The van der Waals surface area contributed by atoms with E-state index in [4.69, 9.17) is 22.9 Å². The number of hydrogen-bond acceptors (Lipinski definition) is 6. The molecule has 7 nitrogen and oxygen atoms in total. The first-order valence-corrected chi connectivity index (χ1v) is 10.1. The lowest BCUT2D eigenvalue weighted by Gasteiger charge is -2.31. The van der Waals surface area contributed by atoms with E-state index in [9.17, 15) is 5.11 Å². The lowest BCUT2D eigenvalue weighted by Crippen LogP contribution is -2.36. The molecular weight excluding hydrogens is 402 g/mol. The molecular formula is C22H22ClN5O2. The van der Waals surface area contributed by atoms with Gasteiger partial charge >= 0.3 is 0 Å². The van der Waals surface area contributed by atoms with E-state index in [0.717, 1.165) is 35.2 Å². The summed E-state index contributed by atoms with van der Waals surface area (Å²) >= 11 is 6.11. The fourth-order valence-corrected chi connectivity index (χ4v) is 3.83. The van der Waals surface area contributed by atoms with Gasteiger partial charge in [0.05, 0.1) is 24.8 Å². The molecule has 0 amide bonds. The van der Waals surface area contributed by atoms with Gasteiger partial charge in [-0.2, -0.15) is 0 Å². The van der Waals surface area contributed by atoms with Crippen molar-refractivity contribution in [2.24, 2.45) is 0 Å². The summed E-state index contributed by atoms with van der Waals surface area (Å²) in [5.41, 5.74) is 1.54. The molecule has 0 aliphatic carbocycles. The van der Waals surface area contributed by atoms with Crippen LogP contribution in [0.2, 0.25) is 5.02 Å². The fraction of sp³-hybridized carbons (Fsp3) is 0.318. The number of aromatic nitrogens is 2. The van der Waals surface area contributed by atoms with Crippen LogP contribution in [-0.4, -0.2) is 41.6 Å². The van der Waals surface area contributed by atoms with Crippen molar-refractivity contribution in [2.75, 3.05) is 30.4 Å². The van der Waals surface area contributed by atoms with Crippen LogP contribution in [0.1, 0.15) is 18.4 Å². The Labute approximate surface area is 180 Å². The van der Waals surface area contributed by atoms with Crippen molar-refractivity contribution in [3.8, 4) is 5.75 Å². The summed E-state index contributed by atoms with van der Waals surface area (Å²) in [7, 11) is 1.58. The molecule has 154 valence electrons. The number of aliphatic hydroxyl groups is 1. The highest BCUT2D eigenvalue weighted by Gasteiger charge is 2.21. The first-order valence-electron chi connectivity index (χ1n) is 9.76. The minimum Gasteiger partial charge on any atom is -0.495 e. The third-order valence-electron chi connectivity index (χ3n) is 5.31. The number of benzene rings is 2. The van der Waals surface area contributed by atoms with E-state index in [1.165, 1.54) is 0 Å². The van der Waals surface area contributed by atoms with E-state index in [2.05, 4.69) is 25.3 Å². The van der Waals surface area contributed by atoms with Crippen LogP contribution in [0.3, 0.4) is 0 Å². The maximum atomic E-state index is 9.81. The van der Waals surface area contributed by atoms with Gasteiger partial charge in [-0.05, 0) is 36.6 Å². The molecule has 0 radical (unpaired) electrons. The summed E-state index contributed by atoms with van der Waals surface area (Å²) in [6.07, 6.45) is 1.16. The number of halogens is 1. The van der Waals surface area contributed by atoms with Gasteiger partial charge in [0.15, 0.2) is 17.3 Å². The Kier molecular flexibility index (Phi) is 5.88. The Morgan fingerprint density at radius 1 is 1.20 bits per heavy atom. The molecule has 1 fully saturated rings. The first-order chi connectivity index (χ1) is 14.6. The molecule has 0 unspecified atom stereocenters. The highest BCUT2D eigenvalue weighted by atomic mass is 35.5. The number of anilines is 2. The van der Waals surface area contributed by atoms with Crippen LogP contribution in [-0.2, 0) is 6.54 Å². The van der Waals surface area contributed by atoms with E-state index in [1.54, 1.807) is 19.2 Å². The summed E-state index contributed by atoms with van der Waals surface area (Å²) < 4.78 is 5.28. The molecule has 1 saturated heterocycles. The van der Waals surface area contributed by atoms with Gasteiger partial charge in [-0.1, -0.05) is 29.8 Å². The highest BCUT2D eigenvalue weighted by molar-refractivity contribution is 6.32. The van der Waals surface area contributed by atoms with Gasteiger partial charge in [-0.15, -0.1) is 10.2 Å². The second-order valence-corrected chi connectivity index (χ2v) is 7.66. The molecule has 8 heteroatoms. The second kappa shape index (κ2) is 8.74. The summed E-state index contributed by atoms with van der Waals surface area (Å²) in [4.78, 5) is 5.71. The van der Waals surface area contributed by atoms with E-state index in [0.29, 0.717) is 41.7 Å². The van der Waals surface area contributed by atoms with E-state index in [1.807, 2.05) is 24.3 Å². The molecule has 1 aliphatic heterocycles. The molecule has 0 spiro atoms. The van der Waals surface area contributed by atoms with Gasteiger partial charge < -0.3 is 20.1 Å². The predicted octanol–water partition coefficient (Wildman–Crippen LogP) is 4.42. The van der Waals surface area contributed by atoms with Crippen molar-refractivity contribution in [2.45, 2.75) is 25.5 Å². The number of nitrogens with one attached hydrogen (secondary N) is 1. The molecule has 1 aliphatic rings. The first kappa shape index (κ1) is 20.2. The van der Waals surface area contributed by atoms with Gasteiger partial charge in [0.25, 0.3) is 0 Å². The average molecular weight is 424 g/mol. The molecule has 0 saturated carbocycles. The number of aliphatic hydroxyl groups excluding tert-OH is 1. The van der Waals surface area contributed by atoms with Crippen molar-refractivity contribution in [1.29, 1.82) is 0 Å². The number of hydrogen-bond donors (Lipinski definition) is 2. The van der Waals surface area contributed by atoms with E-state index in [-0.39, 0.29) is 6.10 Å². The standard InChI is InChI=1S/C22H22ClN5O2/c1-24-15-4-5-17-18(12-15)21(25-13-14-3-6-19(23)20(11-14)30-2)26-27-22(17)28-9-7-16(29)8-10-28/h3-6,11-12,16,29H,7-10,13H2,2H3,(H,25,26). The predicted molar refractivity (Wildman–Crippen MR) is 119 cm³/mol. The monoisotopic (exact) mass is 423 g/mol. The van der Waals surface area contributed by atoms with Crippen LogP contribution in [0.4, 0.5) is 17.3 Å². The molecule has 0 bridgehead atoms. The molecule has 3 aromatic rings. The summed E-state index contributed by atoms with van der Waals surface area (Å²) in [6.45, 7) is 9.33. The molecule has 0 atom stereocenters. The van der Waals surface area contributed by atoms with Crippen LogP contribution in [0.15, 0.2) is 36.4 Å². The van der Waals surface area contributed by atoms with Crippen LogP contribution in [0, 0.1) is 6.57 Å². The Morgan fingerprint density at radius 3 is 2.73 bits per heavy atom.